The van der Waals surface area contributed by atoms with Gasteiger partial charge in [-0.05, 0) is 13.3 Å². The Balaban J connectivity index is 3.05. The van der Waals surface area contributed by atoms with Crippen molar-refractivity contribution >= 4 is 5.97 Å². The van der Waals surface area contributed by atoms with E-state index in [4.69, 9.17) is 9.84 Å². The van der Waals surface area contributed by atoms with Gasteiger partial charge in [0.05, 0.1) is 11.3 Å². The third kappa shape index (κ3) is 2.50. The number of nitrogens with zero attached hydrogens (tertiary/aromatic N) is 2. The second-order valence-corrected chi connectivity index (χ2v) is 3.17. The molecule has 82 valence electrons. The van der Waals surface area contributed by atoms with Gasteiger partial charge in [-0.3, -0.25) is 0 Å². The highest BCUT2D eigenvalue weighted by Crippen LogP contribution is 2.16. The molecule has 1 unspecified atom stereocenters. The fourth-order valence-electron chi connectivity index (χ4n) is 1.30. The predicted molar refractivity (Wildman–Crippen MR) is 53.8 cm³/mol. The zero-order valence-corrected chi connectivity index (χ0v) is 9.02. The van der Waals surface area contributed by atoms with Gasteiger partial charge in [-0.1, -0.05) is 6.92 Å². The lowest BCUT2D eigenvalue weighted by molar-refractivity contribution is 0.0692. The fraction of sp³-hybridized carbons (Fsp3) is 0.500. The van der Waals surface area contributed by atoms with Crippen LogP contribution in [0.5, 0.6) is 0 Å². The molecule has 5 nitrogen and oxygen atoms in total. The molecule has 1 N–H and O–H groups in total. The van der Waals surface area contributed by atoms with Crippen LogP contribution in [0.1, 0.15) is 41.3 Å². The van der Waals surface area contributed by atoms with E-state index in [2.05, 4.69) is 9.97 Å². The van der Waals surface area contributed by atoms with Gasteiger partial charge in [-0.15, -0.1) is 0 Å². The van der Waals surface area contributed by atoms with Gasteiger partial charge >= 0.3 is 5.97 Å². The summed E-state index contributed by atoms with van der Waals surface area (Å²) in [5, 5.41) is 8.80. The van der Waals surface area contributed by atoms with Crippen LogP contribution in [0.15, 0.2) is 6.20 Å². The molecule has 5 heteroatoms. The van der Waals surface area contributed by atoms with Crippen molar-refractivity contribution in [1.29, 1.82) is 0 Å². The first kappa shape index (κ1) is 11.6. The molecule has 1 atom stereocenters. The number of carboxylic acid groups (broad SMARTS) is 1. The van der Waals surface area contributed by atoms with Crippen LogP contribution in [-0.4, -0.2) is 28.2 Å². The maximum Gasteiger partial charge on any atom is 0.339 e. The summed E-state index contributed by atoms with van der Waals surface area (Å²) in [6.07, 6.45) is 1.90. The van der Waals surface area contributed by atoms with E-state index in [1.54, 1.807) is 14.0 Å². The number of ether oxygens (including phenoxy) is 1. The average molecular weight is 210 g/mol. The first-order valence-corrected chi connectivity index (χ1v) is 4.69. The number of aromatic carboxylic acids is 1. The van der Waals surface area contributed by atoms with Crippen LogP contribution in [-0.2, 0) is 4.74 Å². The van der Waals surface area contributed by atoms with Crippen LogP contribution in [0, 0.1) is 6.92 Å². The van der Waals surface area contributed by atoms with Gasteiger partial charge in [0, 0.05) is 13.3 Å². The van der Waals surface area contributed by atoms with Crippen molar-refractivity contribution < 1.29 is 14.6 Å². The van der Waals surface area contributed by atoms with Crippen LogP contribution in [0.4, 0.5) is 0 Å². The lowest BCUT2D eigenvalue weighted by Gasteiger charge is -2.12. The molecule has 0 saturated carbocycles. The van der Waals surface area contributed by atoms with E-state index in [0.29, 0.717) is 11.5 Å². The van der Waals surface area contributed by atoms with E-state index in [1.165, 1.54) is 6.20 Å². The Morgan fingerprint density at radius 1 is 1.67 bits per heavy atom. The van der Waals surface area contributed by atoms with E-state index in [-0.39, 0.29) is 11.7 Å². The lowest BCUT2D eigenvalue weighted by Crippen LogP contribution is -2.10. The second kappa shape index (κ2) is 4.84. The average Bonchev–Trinajstić information content (AvgIpc) is 2.19. The monoisotopic (exact) mass is 210 g/mol. The maximum absolute atomic E-state index is 10.7. The maximum atomic E-state index is 10.7. The Bertz CT molecular complexity index is 362. The molecule has 0 radical (unpaired) electrons. The molecule has 1 aromatic rings. The Kier molecular flexibility index (Phi) is 3.74. The molecule has 0 saturated heterocycles. The third-order valence-corrected chi connectivity index (χ3v) is 2.17. The summed E-state index contributed by atoms with van der Waals surface area (Å²) in [5.41, 5.74) is 0.590. The van der Waals surface area contributed by atoms with Crippen molar-refractivity contribution in [2.24, 2.45) is 0 Å². The Hall–Kier alpha value is -1.49. The summed E-state index contributed by atoms with van der Waals surface area (Å²) in [7, 11) is 1.58. The predicted octanol–water partition coefficient (Wildman–Crippen LogP) is 1.58. The van der Waals surface area contributed by atoms with Gasteiger partial charge in [0.2, 0.25) is 0 Å². The molecule has 0 fully saturated rings. The highest BCUT2D eigenvalue weighted by molar-refractivity contribution is 5.88. The van der Waals surface area contributed by atoms with Gasteiger partial charge in [0.25, 0.3) is 0 Å². The van der Waals surface area contributed by atoms with Crippen molar-refractivity contribution in [3.05, 3.63) is 23.3 Å². The molecular formula is C10H14N2O3. The molecule has 1 heterocycles. The van der Waals surface area contributed by atoms with Gasteiger partial charge < -0.3 is 9.84 Å². The Morgan fingerprint density at radius 3 is 2.73 bits per heavy atom. The highest BCUT2D eigenvalue weighted by Gasteiger charge is 2.15. The number of hydrogen-bond donors (Lipinski definition) is 1. The number of carboxylic acids is 1. The van der Waals surface area contributed by atoms with Crippen molar-refractivity contribution in [3.63, 3.8) is 0 Å². The van der Waals surface area contributed by atoms with Crippen LogP contribution in [0.25, 0.3) is 0 Å². The van der Waals surface area contributed by atoms with Crippen LogP contribution in [0.2, 0.25) is 0 Å². The molecule has 0 aromatic carbocycles. The topological polar surface area (TPSA) is 72.3 Å². The Labute approximate surface area is 88.1 Å². The molecule has 15 heavy (non-hydrogen) atoms. The zero-order chi connectivity index (χ0) is 11.4. The quantitative estimate of drug-likeness (QED) is 0.816. The number of aromatic nitrogens is 2. The van der Waals surface area contributed by atoms with Crippen LogP contribution < -0.4 is 0 Å². The van der Waals surface area contributed by atoms with Gasteiger partial charge in [0.1, 0.15) is 6.10 Å². The zero-order valence-electron chi connectivity index (χ0n) is 9.02. The summed E-state index contributed by atoms with van der Waals surface area (Å²) in [6.45, 7) is 3.61. The second-order valence-electron chi connectivity index (χ2n) is 3.17. The minimum absolute atomic E-state index is 0.129. The SMILES string of the molecule is CCC(OC)c1ncc(C(=O)O)c(C)n1. The van der Waals surface area contributed by atoms with Crippen molar-refractivity contribution in [2.75, 3.05) is 7.11 Å². The van der Waals surface area contributed by atoms with E-state index in [1.807, 2.05) is 6.92 Å². The minimum Gasteiger partial charge on any atom is -0.478 e. The highest BCUT2D eigenvalue weighted by atomic mass is 16.5. The number of hydrogen-bond acceptors (Lipinski definition) is 4. The summed E-state index contributed by atoms with van der Waals surface area (Å²) >= 11 is 0. The molecular weight excluding hydrogens is 196 g/mol. The summed E-state index contributed by atoms with van der Waals surface area (Å²) in [5.74, 6) is -0.480. The molecule has 0 aliphatic heterocycles. The van der Waals surface area contributed by atoms with Crippen molar-refractivity contribution in [1.82, 2.24) is 9.97 Å². The molecule has 0 aliphatic rings. The standard InChI is InChI=1S/C10H14N2O3/c1-4-8(15-3)9-11-5-7(10(13)14)6(2)12-9/h5,8H,4H2,1-3H3,(H,13,14). The smallest absolute Gasteiger partial charge is 0.339 e. The molecule has 0 spiro atoms. The molecule has 1 rings (SSSR count). The number of methoxy groups -OCH3 is 1. The largest absolute Gasteiger partial charge is 0.478 e. The molecule has 0 bridgehead atoms. The number of carbonyl (C=O) groups is 1. The minimum atomic E-state index is -1.01. The summed E-state index contributed by atoms with van der Waals surface area (Å²) in [6, 6.07) is 0. The number of aryl methyl sites for hydroxylation is 1. The van der Waals surface area contributed by atoms with E-state index >= 15 is 0 Å². The van der Waals surface area contributed by atoms with Gasteiger partial charge in [-0.25, -0.2) is 14.8 Å². The first-order chi connectivity index (χ1) is 7.10. The van der Waals surface area contributed by atoms with Crippen molar-refractivity contribution in [2.45, 2.75) is 26.4 Å². The lowest BCUT2D eigenvalue weighted by atomic mass is 10.2. The van der Waals surface area contributed by atoms with E-state index < -0.39 is 5.97 Å². The van der Waals surface area contributed by atoms with Crippen LogP contribution >= 0.6 is 0 Å². The van der Waals surface area contributed by atoms with Gasteiger partial charge in [-0.2, -0.15) is 0 Å². The van der Waals surface area contributed by atoms with E-state index in [9.17, 15) is 4.79 Å². The molecule has 1 aromatic heterocycles. The molecule has 0 aliphatic carbocycles. The summed E-state index contributed by atoms with van der Waals surface area (Å²) < 4.78 is 5.17. The van der Waals surface area contributed by atoms with Gasteiger partial charge in [0.15, 0.2) is 5.82 Å². The number of rotatable bonds is 4. The summed E-state index contributed by atoms with van der Waals surface area (Å²) in [4.78, 5) is 18.8. The Morgan fingerprint density at radius 2 is 2.33 bits per heavy atom. The molecule has 0 amide bonds. The van der Waals surface area contributed by atoms with E-state index in [0.717, 1.165) is 6.42 Å². The van der Waals surface area contributed by atoms with Crippen molar-refractivity contribution in [3.8, 4) is 0 Å². The normalized spacial score (nSPS) is 12.5. The first-order valence-electron chi connectivity index (χ1n) is 4.69. The third-order valence-electron chi connectivity index (χ3n) is 2.17. The fourth-order valence-corrected chi connectivity index (χ4v) is 1.30. The van der Waals surface area contributed by atoms with Crippen LogP contribution in [0.3, 0.4) is 0 Å².